The molecule has 4 N–H and O–H groups in total. The SMILES string of the molecule is O=C(O)[C@@H](O)CCNC(=O)N(CCO)CC(F)F. The summed E-state index contributed by atoms with van der Waals surface area (Å²) in [4.78, 5) is 22.3. The van der Waals surface area contributed by atoms with Gasteiger partial charge < -0.3 is 25.5 Å². The van der Waals surface area contributed by atoms with Gasteiger partial charge in [-0.1, -0.05) is 0 Å². The number of aliphatic carboxylic acids is 1. The van der Waals surface area contributed by atoms with Crippen molar-refractivity contribution in [3.05, 3.63) is 0 Å². The normalized spacial score (nSPS) is 12.3. The zero-order valence-corrected chi connectivity index (χ0v) is 9.55. The summed E-state index contributed by atoms with van der Waals surface area (Å²) in [5.74, 6) is -1.43. The molecule has 0 aliphatic heterocycles. The molecule has 0 saturated carbocycles. The topological polar surface area (TPSA) is 110 Å². The molecule has 0 saturated heterocycles. The molecule has 0 aliphatic rings. The number of aliphatic hydroxyl groups excluding tert-OH is 2. The van der Waals surface area contributed by atoms with Crippen LogP contribution < -0.4 is 5.32 Å². The Kier molecular flexibility index (Phi) is 7.88. The maximum atomic E-state index is 12.1. The van der Waals surface area contributed by atoms with Gasteiger partial charge in [0.05, 0.1) is 13.2 Å². The summed E-state index contributed by atoms with van der Waals surface area (Å²) in [6.45, 7) is -1.71. The van der Waals surface area contributed by atoms with E-state index in [1.807, 2.05) is 0 Å². The molecule has 0 fully saturated rings. The highest BCUT2D eigenvalue weighted by molar-refractivity contribution is 5.74. The number of hydrogen-bond acceptors (Lipinski definition) is 4. The van der Waals surface area contributed by atoms with Crippen LogP contribution in [0.4, 0.5) is 13.6 Å². The molecule has 0 radical (unpaired) electrons. The highest BCUT2D eigenvalue weighted by Gasteiger charge is 2.18. The van der Waals surface area contributed by atoms with Crippen LogP contribution in [-0.4, -0.2) is 71.0 Å². The molecule has 0 heterocycles. The summed E-state index contributed by atoms with van der Waals surface area (Å²) < 4.78 is 24.2. The maximum Gasteiger partial charge on any atom is 0.332 e. The second kappa shape index (κ2) is 8.59. The summed E-state index contributed by atoms with van der Waals surface area (Å²) in [7, 11) is 0. The van der Waals surface area contributed by atoms with Crippen molar-refractivity contribution in [2.75, 3.05) is 26.2 Å². The average Bonchev–Trinajstić information content (AvgIpc) is 2.27. The lowest BCUT2D eigenvalue weighted by Gasteiger charge is -2.21. The molecule has 0 bridgehead atoms. The van der Waals surface area contributed by atoms with E-state index in [-0.39, 0.29) is 19.5 Å². The molecule has 0 aliphatic carbocycles. The second-order valence-corrected chi connectivity index (χ2v) is 3.44. The molecule has 0 spiro atoms. The predicted octanol–water partition coefficient (Wildman–Crippen LogP) is -0.909. The molecule has 0 unspecified atom stereocenters. The lowest BCUT2D eigenvalue weighted by atomic mass is 10.2. The lowest BCUT2D eigenvalue weighted by Crippen LogP contribution is -2.44. The van der Waals surface area contributed by atoms with Gasteiger partial charge in [0.15, 0.2) is 6.10 Å². The van der Waals surface area contributed by atoms with Gasteiger partial charge in [0.25, 0.3) is 6.43 Å². The van der Waals surface area contributed by atoms with Gasteiger partial charge in [-0.05, 0) is 0 Å². The number of halogens is 2. The van der Waals surface area contributed by atoms with Crippen LogP contribution in [0.3, 0.4) is 0 Å². The van der Waals surface area contributed by atoms with Gasteiger partial charge in [0, 0.05) is 19.5 Å². The van der Waals surface area contributed by atoms with Crippen molar-refractivity contribution in [3.8, 4) is 0 Å². The van der Waals surface area contributed by atoms with Gasteiger partial charge in [-0.3, -0.25) is 0 Å². The molecule has 0 aromatic rings. The molecule has 7 nitrogen and oxygen atoms in total. The van der Waals surface area contributed by atoms with E-state index in [0.29, 0.717) is 4.90 Å². The number of aliphatic hydroxyl groups is 2. The number of nitrogens with zero attached hydrogens (tertiary/aromatic N) is 1. The van der Waals surface area contributed by atoms with Crippen molar-refractivity contribution in [1.82, 2.24) is 10.2 Å². The minimum absolute atomic E-state index is 0.169. The van der Waals surface area contributed by atoms with E-state index in [4.69, 9.17) is 15.3 Å². The quantitative estimate of drug-likeness (QED) is 0.456. The number of carbonyl (C=O) groups excluding carboxylic acids is 1. The standard InChI is InChI=1S/C9H16F2N2O5/c10-7(11)5-13(3-4-14)9(18)12-2-1-6(15)8(16)17/h6-7,14-15H,1-5H2,(H,12,18)(H,16,17)/t6-/m0/s1. The largest absolute Gasteiger partial charge is 0.479 e. The number of carbonyl (C=O) groups is 2. The van der Waals surface area contributed by atoms with Gasteiger partial charge in [-0.2, -0.15) is 0 Å². The average molecular weight is 270 g/mol. The minimum Gasteiger partial charge on any atom is -0.479 e. The molecule has 106 valence electrons. The van der Waals surface area contributed by atoms with Crippen molar-refractivity contribution in [3.63, 3.8) is 0 Å². The highest BCUT2D eigenvalue weighted by Crippen LogP contribution is 1.99. The van der Waals surface area contributed by atoms with Crippen LogP contribution in [0.15, 0.2) is 0 Å². The molecule has 0 rings (SSSR count). The molecule has 2 amide bonds. The van der Waals surface area contributed by atoms with Crippen molar-refractivity contribution in [1.29, 1.82) is 0 Å². The summed E-state index contributed by atoms with van der Waals surface area (Å²) in [5, 5.41) is 28.0. The fourth-order valence-corrected chi connectivity index (χ4v) is 1.11. The number of carboxylic acids is 1. The predicted molar refractivity (Wildman–Crippen MR) is 56.3 cm³/mol. The first-order valence-electron chi connectivity index (χ1n) is 5.21. The molecular weight excluding hydrogens is 254 g/mol. The Labute approximate surface area is 102 Å². The first-order chi connectivity index (χ1) is 8.38. The van der Waals surface area contributed by atoms with Crippen molar-refractivity contribution < 1.29 is 33.7 Å². The number of hydrogen-bond donors (Lipinski definition) is 4. The Morgan fingerprint density at radius 3 is 2.39 bits per heavy atom. The smallest absolute Gasteiger partial charge is 0.332 e. The first-order valence-corrected chi connectivity index (χ1v) is 5.21. The van der Waals surface area contributed by atoms with E-state index >= 15 is 0 Å². The molecule has 0 aromatic carbocycles. The van der Waals surface area contributed by atoms with Crippen molar-refractivity contribution in [2.45, 2.75) is 19.0 Å². The van der Waals surface area contributed by atoms with Gasteiger partial charge in [0.1, 0.15) is 0 Å². The Balaban J connectivity index is 4.06. The monoisotopic (exact) mass is 270 g/mol. The number of nitrogens with one attached hydrogen (secondary N) is 1. The van der Waals surface area contributed by atoms with Gasteiger partial charge in [-0.25, -0.2) is 18.4 Å². The van der Waals surface area contributed by atoms with Crippen LogP contribution in [0.2, 0.25) is 0 Å². The maximum absolute atomic E-state index is 12.1. The van der Waals surface area contributed by atoms with E-state index in [0.717, 1.165) is 0 Å². The van der Waals surface area contributed by atoms with Gasteiger partial charge >= 0.3 is 12.0 Å². The Morgan fingerprint density at radius 2 is 1.94 bits per heavy atom. The van der Waals surface area contributed by atoms with Crippen LogP contribution in [0.25, 0.3) is 0 Å². The zero-order valence-electron chi connectivity index (χ0n) is 9.55. The fraction of sp³-hybridized carbons (Fsp3) is 0.778. The Bertz CT molecular complexity index is 278. The molecule has 1 atom stereocenters. The molecule has 18 heavy (non-hydrogen) atoms. The third-order valence-corrected chi connectivity index (χ3v) is 1.99. The first kappa shape index (κ1) is 16.5. The minimum atomic E-state index is -2.73. The van der Waals surface area contributed by atoms with Crippen LogP contribution >= 0.6 is 0 Å². The van der Waals surface area contributed by atoms with Crippen molar-refractivity contribution >= 4 is 12.0 Å². The van der Waals surface area contributed by atoms with Crippen molar-refractivity contribution in [2.24, 2.45) is 0 Å². The third kappa shape index (κ3) is 6.97. The summed E-state index contributed by atoms with van der Waals surface area (Å²) in [6.07, 6.45) is -4.58. The fourth-order valence-electron chi connectivity index (χ4n) is 1.11. The summed E-state index contributed by atoms with van der Waals surface area (Å²) >= 11 is 0. The third-order valence-electron chi connectivity index (χ3n) is 1.99. The van der Waals surface area contributed by atoms with E-state index in [1.165, 1.54) is 0 Å². The van der Waals surface area contributed by atoms with E-state index in [1.54, 1.807) is 0 Å². The molecule has 0 aromatic heterocycles. The van der Waals surface area contributed by atoms with Gasteiger partial charge in [-0.15, -0.1) is 0 Å². The highest BCUT2D eigenvalue weighted by atomic mass is 19.3. The number of alkyl halides is 2. The van der Waals surface area contributed by atoms with Gasteiger partial charge in [0.2, 0.25) is 0 Å². The summed E-state index contributed by atoms with van der Waals surface area (Å²) in [6, 6.07) is -0.845. The van der Waals surface area contributed by atoms with E-state index < -0.39 is 37.7 Å². The van der Waals surface area contributed by atoms with Crippen LogP contribution in [0, 0.1) is 0 Å². The number of urea groups is 1. The van der Waals surface area contributed by atoms with Crippen LogP contribution in [0.1, 0.15) is 6.42 Å². The summed E-state index contributed by atoms with van der Waals surface area (Å²) in [5.41, 5.74) is 0. The second-order valence-electron chi connectivity index (χ2n) is 3.44. The van der Waals surface area contributed by atoms with E-state index in [2.05, 4.69) is 5.32 Å². The number of amides is 2. The number of carboxylic acid groups (broad SMARTS) is 1. The Hall–Kier alpha value is -1.48. The van der Waals surface area contributed by atoms with E-state index in [9.17, 15) is 18.4 Å². The lowest BCUT2D eigenvalue weighted by molar-refractivity contribution is -0.146. The molecular formula is C9H16F2N2O5. The molecule has 9 heteroatoms. The number of rotatable bonds is 8. The van der Waals surface area contributed by atoms with Crippen LogP contribution in [-0.2, 0) is 4.79 Å². The Morgan fingerprint density at radius 1 is 1.33 bits per heavy atom. The zero-order chi connectivity index (χ0) is 14.1. The van der Waals surface area contributed by atoms with Crippen LogP contribution in [0.5, 0.6) is 0 Å².